The number of hydrogen-bond acceptors (Lipinski definition) is 3. The van der Waals surface area contributed by atoms with Gasteiger partial charge in [-0.15, -0.1) is 0 Å². The van der Waals surface area contributed by atoms with Crippen LogP contribution in [-0.2, 0) is 4.74 Å². The van der Waals surface area contributed by atoms with Crippen LogP contribution in [0, 0.1) is 0 Å². The van der Waals surface area contributed by atoms with Crippen LogP contribution in [0.1, 0.15) is 24.2 Å². The van der Waals surface area contributed by atoms with E-state index in [2.05, 4.69) is 14.8 Å². The predicted octanol–water partition coefficient (Wildman–Crippen LogP) is 2.52. The van der Waals surface area contributed by atoms with Crippen molar-refractivity contribution in [3.05, 3.63) is 23.8 Å². The molecule has 0 atom stereocenters. The molecule has 92 valence electrons. The maximum absolute atomic E-state index is 12.1. The average Bonchev–Trinajstić information content (AvgIpc) is 2.13. The van der Waals surface area contributed by atoms with Gasteiger partial charge in [-0.1, -0.05) is 0 Å². The third kappa shape index (κ3) is 2.44. The molecule has 1 aromatic carbocycles. The summed E-state index contributed by atoms with van der Waals surface area (Å²) in [5.74, 6) is -0.454. The number of ether oxygens (including phenoxy) is 2. The van der Waals surface area contributed by atoms with Gasteiger partial charge < -0.3 is 0 Å². The molecule has 0 aliphatic carbocycles. The van der Waals surface area contributed by atoms with Crippen LogP contribution in [0.2, 0.25) is 14.8 Å². The number of cyclic esters (lactones) is 1. The molecule has 1 aliphatic heterocycles. The topological polar surface area (TPSA) is 35.5 Å². The summed E-state index contributed by atoms with van der Waals surface area (Å²) in [5.41, 5.74) is 0.648. The first-order valence-electron chi connectivity index (χ1n) is 5.76. The van der Waals surface area contributed by atoms with Crippen molar-refractivity contribution in [1.29, 1.82) is 0 Å². The second-order valence-corrected chi connectivity index (χ2v) is 20.2. The number of esters is 1. The van der Waals surface area contributed by atoms with E-state index in [-0.39, 0.29) is 5.97 Å². The molecule has 17 heavy (non-hydrogen) atoms. The van der Waals surface area contributed by atoms with E-state index in [1.54, 1.807) is 13.8 Å². The molecular formula is C13H18O3Sn. The normalized spacial score (nSPS) is 18.1. The third-order valence-corrected chi connectivity index (χ3v) is 8.53. The van der Waals surface area contributed by atoms with E-state index in [1.807, 2.05) is 18.2 Å². The number of carbonyl (C=O) groups excluding carboxylic acids is 1. The van der Waals surface area contributed by atoms with Gasteiger partial charge in [0.1, 0.15) is 0 Å². The Morgan fingerprint density at radius 1 is 1.12 bits per heavy atom. The van der Waals surface area contributed by atoms with Gasteiger partial charge in [-0.05, 0) is 0 Å². The number of rotatable bonds is 1. The summed E-state index contributed by atoms with van der Waals surface area (Å²) in [6, 6.07) is 5.85. The van der Waals surface area contributed by atoms with E-state index >= 15 is 0 Å². The molecule has 0 unspecified atom stereocenters. The molecule has 0 N–H and O–H groups in total. The van der Waals surface area contributed by atoms with Crippen molar-refractivity contribution in [2.75, 3.05) is 0 Å². The minimum absolute atomic E-state index is 0.251. The van der Waals surface area contributed by atoms with Gasteiger partial charge in [0.2, 0.25) is 0 Å². The number of hydrogen-bond donors (Lipinski definition) is 0. The van der Waals surface area contributed by atoms with Gasteiger partial charge in [-0.2, -0.15) is 0 Å². The molecule has 0 saturated heterocycles. The molecule has 0 bridgehead atoms. The van der Waals surface area contributed by atoms with Crippen LogP contribution < -0.4 is 8.32 Å². The van der Waals surface area contributed by atoms with Gasteiger partial charge in [0, 0.05) is 0 Å². The fraction of sp³-hybridized carbons (Fsp3) is 0.462. The molecule has 0 aromatic heterocycles. The van der Waals surface area contributed by atoms with Crippen LogP contribution in [-0.4, -0.2) is 30.1 Å². The fourth-order valence-corrected chi connectivity index (χ4v) is 6.50. The molecule has 2 rings (SSSR count). The first kappa shape index (κ1) is 12.7. The number of fused-ring (bicyclic) bond motifs is 1. The fourth-order valence-electron chi connectivity index (χ4n) is 2.01. The quantitative estimate of drug-likeness (QED) is 0.582. The summed E-state index contributed by atoms with van der Waals surface area (Å²) < 4.78 is 12.2. The van der Waals surface area contributed by atoms with Gasteiger partial charge >= 0.3 is 106 Å². The van der Waals surface area contributed by atoms with E-state index in [0.717, 1.165) is 3.58 Å². The third-order valence-electron chi connectivity index (χ3n) is 2.73. The van der Waals surface area contributed by atoms with Crippen molar-refractivity contribution in [3.8, 4) is 5.75 Å². The summed E-state index contributed by atoms with van der Waals surface area (Å²) in [6.45, 7) is 3.50. The maximum atomic E-state index is 12.1. The Morgan fingerprint density at radius 2 is 1.76 bits per heavy atom. The predicted molar refractivity (Wildman–Crippen MR) is 69.5 cm³/mol. The molecule has 3 nitrogen and oxygen atoms in total. The van der Waals surface area contributed by atoms with Crippen LogP contribution in [0.15, 0.2) is 18.2 Å². The summed E-state index contributed by atoms with van der Waals surface area (Å²) >= 11 is -2.33. The Bertz CT molecular complexity index is 472. The Morgan fingerprint density at radius 3 is 2.35 bits per heavy atom. The molecule has 0 radical (unpaired) electrons. The first-order chi connectivity index (χ1) is 7.71. The van der Waals surface area contributed by atoms with Crippen LogP contribution in [0.4, 0.5) is 0 Å². The van der Waals surface area contributed by atoms with E-state index in [0.29, 0.717) is 11.3 Å². The standard InChI is InChI=1S/C10H9O3.3CH3.Sn/c1-10(2)12-8-6-4-3-5-7(8)9(11)13-10;;;;/h3-4,6H,1-2H3;3*1H3;. The Labute approximate surface area is 106 Å². The Hall–Kier alpha value is -0.711. The van der Waals surface area contributed by atoms with E-state index < -0.39 is 24.2 Å². The second kappa shape index (κ2) is 3.90. The van der Waals surface area contributed by atoms with Crippen molar-refractivity contribution in [2.24, 2.45) is 0 Å². The average molecular weight is 341 g/mol. The zero-order chi connectivity index (χ0) is 12.8. The molecule has 1 aromatic rings. The van der Waals surface area contributed by atoms with Crippen LogP contribution in [0.3, 0.4) is 0 Å². The Kier molecular flexibility index (Phi) is 2.92. The summed E-state index contributed by atoms with van der Waals surface area (Å²) in [4.78, 5) is 18.9. The molecule has 4 heteroatoms. The zero-order valence-electron chi connectivity index (χ0n) is 11.0. The zero-order valence-corrected chi connectivity index (χ0v) is 13.8. The van der Waals surface area contributed by atoms with Gasteiger partial charge in [-0.25, -0.2) is 0 Å². The van der Waals surface area contributed by atoms with Crippen LogP contribution >= 0.6 is 0 Å². The van der Waals surface area contributed by atoms with E-state index in [1.165, 1.54) is 0 Å². The molecule has 0 fully saturated rings. The van der Waals surface area contributed by atoms with Gasteiger partial charge in [0.05, 0.1) is 0 Å². The Balaban J connectivity index is 2.60. The van der Waals surface area contributed by atoms with E-state index in [4.69, 9.17) is 9.47 Å². The van der Waals surface area contributed by atoms with Crippen LogP contribution in [0.25, 0.3) is 0 Å². The van der Waals surface area contributed by atoms with Crippen molar-refractivity contribution in [2.45, 2.75) is 34.5 Å². The van der Waals surface area contributed by atoms with Gasteiger partial charge in [0.25, 0.3) is 0 Å². The summed E-state index contributed by atoms with van der Waals surface area (Å²) in [7, 11) is 0. The van der Waals surface area contributed by atoms with Crippen LogP contribution in [0.5, 0.6) is 5.75 Å². The molecule has 0 amide bonds. The molecular weight excluding hydrogens is 323 g/mol. The first-order valence-corrected chi connectivity index (χ1v) is 15.8. The number of benzene rings is 1. The van der Waals surface area contributed by atoms with Crippen molar-refractivity contribution < 1.29 is 14.3 Å². The minimum atomic E-state index is -2.33. The monoisotopic (exact) mass is 342 g/mol. The van der Waals surface area contributed by atoms with Crippen molar-refractivity contribution in [1.82, 2.24) is 0 Å². The van der Waals surface area contributed by atoms with Gasteiger partial charge in [0.15, 0.2) is 0 Å². The molecule has 0 saturated carbocycles. The summed E-state index contributed by atoms with van der Waals surface area (Å²) in [5, 5.41) is 0. The van der Waals surface area contributed by atoms with Crippen molar-refractivity contribution >= 4 is 27.9 Å². The van der Waals surface area contributed by atoms with Crippen molar-refractivity contribution in [3.63, 3.8) is 0 Å². The molecule has 1 heterocycles. The molecule has 1 aliphatic rings. The van der Waals surface area contributed by atoms with E-state index in [9.17, 15) is 4.79 Å². The SMILES string of the molecule is CC1(C)OC(=O)c2c(ccc[c]2[Sn]([CH3])([CH3])[CH3])O1. The second-order valence-electron chi connectivity index (χ2n) is 5.82. The molecule has 0 spiro atoms. The van der Waals surface area contributed by atoms with Gasteiger partial charge in [-0.3, -0.25) is 0 Å². The number of carbonyl (C=O) groups is 1. The summed E-state index contributed by atoms with van der Waals surface area (Å²) in [6.07, 6.45) is 0.